The molecule has 0 radical (unpaired) electrons. The van der Waals surface area contributed by atoms with Crippen molar-refractivity contribution in [3.63, 3.8) is 0 Å². The van der Waals surface area contributed by atoms with Crippen LogP contribution in [0.15, 0.2) is 69.6 Å². The second kappa shape index (κ2) is 10.9. The largest absolute Gasteiger partial charge is 0.306 e. The van der Waals surface area contributed by atoms with E-state index in [-0.39, 0.29) is 11.7 Å². The molecular weight excluding hydrogens is 506 g/mol. The van der Waals surface area contributed by atoms with Gasteiger partial charge in [-0.1, -0.05) is 70.2 Å². The lowest BCUT2D eigenvalue weighted by Gasteiger charge is -2.07. The third-order valence-corrected chi connectivity index (χ3v) is 7.07. The summed E-state index contributed by atoms with van der Waals surface area (Å²) in [5, 5.41) is 14.8. The number of benzene rings is 2. The molecule has 0 unspecified atom stereocenters. The number of hydrogen-bond acceptors (Lipinski definition) is 6. The van der Waals surface area contributed by atoms with Crippen molar-refractivity contribution in [3.8, 4) is 11.3 Å². The van der Waals surface area contributed by atoms with Gasteiger partial charge in [-0.05, 0) is 31.0 Å². The van der Waals surface area contributed by atoms with Crippen LogP contribution in [-0.2, 0) is 24.2 Å². The maximum atomic E-state index is 12.5. The third-order valence-electron chi connectivity index (χ3n) is 4.81. The van der Waals surface area contributed by atoms with E-state index in [0.717, 1.165) is 46.1 Å². The summed E-state index contributed by atoms with van der Waals surface area (Å²) in [5.74, 6) is 1.09. The van der Waals surface area contributed by atoms with Crippen molar-refractivity contribution in [2.75, 3.05) is 11.1 Å². The normalized spacial score (nSPS) is 10.9. The minimum atomic E-state index is -0.108. The number of rotatable bonds is 9. The zero-order chi connectivity index (χ0) is 22.3. The molecule has 4 aromatic rings. The molecule has 9 heteroatoms. The zero-order valence-electron chi connectivity index (χ0n) is 17.5. The van der Waals surface area contributed by atoms with Crippen molar-refractivity contribution in [2.45, 2.75) is 31.5 Å². The Morgan fingerprint density at radius 1 is 1.09 bits per heavy atom. The number of nitrogens with zero attached hydrogens (tertiary/aromatic N) is 4. The molecule has 0 saturated carbocycles. The highest BCUT2D eigenvalue weighted by molar-refractivity contribution is 9.10. The van der Waals surface area contributed by atoms with Gasteiger partial charge in [0.2, 0.25) is 5.91 Å². The molecule has 0 aliphatic rings. The van der Waals surface area contributed by atoms with Crippen LogP contribution in [0.1, 0.15) is 18.3 Å². The Morgan fingerprint density at radius 2 is 1.88 bits per heavy atom. The fourth-order valence-electron chi connectivity index (χ4n) is 3.20. The number of carbonyl (C=O) groups is 1. The van der Waals surface area contributed by atoms with Gasteiger partial charge in [0.1, 0.15) is 5.82 Å². The van der Waals surface area contributed by atoms with Gasteiger partial charge in [0.15, 0.2) is 10.3 Å². The number of hydrogen-bond donors (Lipinski definition) is 1. The van der Waals surface area contributed by atoms with Gasteiger partial charge in [-0.25, -0.2) is 4.98 Å². The standard InChI is InChI=1S/C23H22BrN5OS2/c1-2-29-20(13-8-16-6-4-3-5-7-16)27-28-23(29)32-15-21(30)26-22-25-19(14-31-22)17-9-11-18(24)12-10-17/h3-7,9-12,14H,2,8,13,15H2,1H3,(H,25,26,30). The van der Waals surface area contributed by atoms with Crippen LogP contribution >= 0.6 is 39.0 Å². The number of thiazole rings is 1. The smallest absolute Gasteiger partial charge is 0.236 e. The highest BCUT2D eigenvalue weighted by Crippen LogP contribution is 2.26. The molecule has 1 N–H and O–H groups in total. The molecule has 2 aromatic heterocycles. The average Bonchev–Trinajstić information content (AvgIpc) is 3.44. The average molecular weight is 529 g/mol. The number of thioether (sulfide) groups is 1. The number of aryl methyl sites for hydroxylation is 2. The van der Waals surface area contributed by atoms with E-state index >= 15 is 0 Å². The highest BCUT2D eigenvalue weighted by atomic mass is 79.9. The molecule has 0 saturated heterocycles. The maximum Gasteiger partial charge on any atom is 0.236 e. The summed E-state index contributed by atoms with van der Waals surface area (Å²) in [6.07, 6.45) is 1.73. The summed E-state index contributed by atoms with van der Waals surface area (Å²) in [6, 6.07) is 18.3. The van der Waals surface area contributed by atoms with Crippen LogP contribution in [0.4, 0.5) is 5.13 Å². The highest BCUT2D eigenvalue weighted by Gasteiger charge is 2.14. The first-order chi connectivity index (χ1) is 15.6. The lowest BCUT2D eigenvalue weighted by atomic mass is 10.1. The van der Waals surface area contributed by atoms with Gasteiger partial charge < -0.3 is 9.88 Å². The third kappa shape index (κ3) is 5.85. The van der Waals surface area contributed by atoms with Crippen LogP contribution in [0.3, 0.4) is 0 Å². The van der Waals surface area contributed by atoms with E-state index in [1.165, 1.54) is 28.7 Å². The van der Waals surface area contributed by atoms with Gasteiger partial charge in [0, 0.05) is 28.4 Å². The van der Waals surface area contributed by atoms with Crippen molar-refractivity contribution in [2.24, 2.45) is 0 Å². The van der Waals surface area contributed by atoms with Crippen molar-refractivity contribution in [3.05, 3.63) is 75.8 Å². The number of carbonyl (C=O) groups excluding carboxylic acids is 1. The molecule has 1 amide bonds. The lowest BCUT2D eigenvalue weighted by Crippen LogP contribution is -2.14. The number of anilines is 1. The lowest BCUT2D eigenvalue weighted by molar-refractivity contribution is -0.113. The Morgan fingerprint density at radius 3 is 2.62 bits per heavy atom. The molecule has 0 aliphatic carbocycles. The quantitative estimate of drug-likeness (QED) is 0.282. The molecule has 2 aromatic carbocycles. The van der Waals surface area contributed by atoms with E-state index in [2.05, 4.69) is 60.1 Å². The molecule has 4 rings (SSSR count). The van der Waals surface area contributed by atoms with E-state index < -0.39 is 0 Å². The maximum absolute atomic E-state index is 12.5. The number of halogens is 1. The molecule has 164 valence electrons. The van der Waals surface area contributed by atoms with E-state index in [9.17, 15) is 4.79 Å². The predicted octanol–water partition coefficient (Wildman–Crippen LogP) is 5.70. The summed E-state index contributed by atoms with van der Waals surface area (Å²) in [7, 11) is 0. The van der Waals surface area contributed by atoms with Crippen LogP contribution in [0.25, 0.3) is 11.3 Å². The predicted molar refractivity (Wildman–Crippen MR) is 134 cm³/mol. The molecule has 2 heterocycles. The van der Waals surface area contributed by atoms with Gasteiger partial charge in [0.25, 0.3) is 0 Å². The Balaban J connectivity index is 1.32. The first-order valence-electron chi connectivity index (χ1n) is 10.2. The minimum absolute atomic E-state index is 0.108. The number of amides is 1. The van der Waals surface area contributed by atoms with E-state index in [1.807, 2.05) is 47.8 Å². The SMILES string of the molecule is CCn1c(CCc2ccccc2)nnc1SCC(=O)Nc1nc(-c2ccc(Br)cc2)cs1. The molecule has 0 fully saturated rings. The topological polar surface area (TPSA) is 72.7 Å². The van der Waals surface area contributed by atoms with E-state index in [4.69, 9.17) is 0 Å². The van der Waals surface area contributed by atoms with Crippen molar-refractivity contribution in [1.82, 2.24) is 19.7 Å². The molecule has 6 nitrogen and oxygen atoms in total. The Kier molecular flexibility index (Phi) is 7.72. The molecule has 0 spiro atoms. The molecule has 0 bridgehead atoms. The summed E-state index contributed by atoms with van der Waals surface area (Å²) in [6.45, 7) is 2.84. The van der Waals surface area contributed by atoms with Gasteiger partial charge in [-0.2, -0.15) is 0 Å². The summed E-state index contributed by atoms with van der Waals surface area (Å²) >= 11 is 6.25. The number of aromatic nitrogens is 4. The van der Waals surface area contributed by atoms with E-state index in [1.54, 1.807) is 0 Å². The van der Waals surface area contributed by atoms with Crippen LogP contribution in [-0.4, -0.2) is 31.4 Å². The first kappa shape index (κ1) is 22.7. The van der Waals surface area contributed by atoms with Gasteiger partial charge >= 0.3 is 0 Å². The van der Waals surface area contributed by atoms with Gasteiger partial charge in [0.05, 0.1) is 11.4 Å². The van der Waals surface area contributed by atoms with Crippen LogP contribution in [0.5, 0.6) is 0 Å². The van der Waals surface area contributed by atoms with Crippen LogP contribution < -0.4 is 5.32 Å². The molecule has 32 heavy (non-hydrogen) atoms. The van der Waals surface area contributed by atoms with Crippen molar-refractivity contribution < 1.29 is 4.79 Å². The molecular formula is C23H22BrN5OS2. The second-order valence-corrected chi connectivity index (χ2v) is 9.73. The van der Waals surface area contributed by atoms with E-state index in [0.29, 0.717) is 5.13 Å². The number of nitrogens with one attached hydrogen (secondary N) is 1. The van der Waals surface area contributed by atoms with Crippen LogP contribution in [0.2, 0.25) is 0 Å². The summed E-state index contributed by atoms with van der Waals surface area (Å²) in [4.78, 5) is 17.0. The Labute approximate surface area is 203 Å². The van der Waals surface area contributed by atoms with Crippen molar-refractivity contribution in [1.29, 1.82) is 0 Å². The minimum Gasteiger partial charge on any atom is -0.306 e. The fraction of sp³-hybridized carbons (Fsp3) is 0.217. The zero-order valence-corrected chi connectivity index (χ0v) is 20.7. The van der Waals surface area contributed by atoms with Crippen LogP contribution in [0, 0.1) is 0 Å². The monoisotopic (exact) mass is 527 g/mol. The first-order valence-corrected chi connectivity index (χ1v) is 12.9. The summed E-state index contributed by atoms with van der Waals surface area (Å²) in [5.41, 5.74) is 3.13. The molecule has 0 atom stereocenters. The molecule has 0 aliphatic heterocycles. The Bertz CT molecular complexity index is 1170. The second-order valence-electron chi connectivity index (χ2n) is 7.01. The van der Waals surface area contributed by atoms with Gasteiger partial charge in [-0.15, -0.1) is 21.5 Å². The van der Waals surface area contributed by atoms with Gasteiger partial charge in [-0.3, -0.25) is 4.79 Å². The Hall–Kier alpha value is -2.49. The fourth-order valence-corrected chi connectivity index (χ4v) is 5.02. The summed E-state index contributed by atoms with van der Waals surface area (Å²) < 4.78 is 3.10. The van der Waals surface area contributed by atoms with Crippen molar-refractivity contribution >= 4 is 50.1 Å².